The first-order valence-corrected chi connectivity index (χ1v) is 16.0. The number of amides is 1. The summed E-state index contributed by atoms with van der Waals surface area (Å²) in [6.45, 7) is 15.6. The van der Waals surface area contributed by atoms with E-state index in [4.69, 9.17) is 24.7 Å². The lowest BCUT2D eigenvalue weighted by molar-refractivity contribution is -0.156. The van der Waals surface area contributed by atoms with E-state index in [1.807, 2.05) is 70.7 Å². The van der Waals surface area contributed by atoms with E-state index in [9.17, 15) is 14.4 Å². The number of H-pyrrole nitrogens is 1. The number of hydrogen-bond donors (Lipinski definition) is 2. The molecule has 0 aliphatic rings. The molecule has 3 rings (SSSR count). The fourth-order valence-electron chi connectivity index (χ4n) is 4.45. The van der Waals surface area contributed by atoms with Crippen LogP contribution in [0.3, 0.4) is 0 Å². The van der Waals surface area contributed by atoms with Gasteiger partial charge in [-0.2, -0.15) is 9.97 Å². The third kappa shape index (κ3) is 12.4. The van der Waals surface area contributed by atoms with Gasteiger partial charge in [-0.05, 0) is 72.1 Å². The number of rotatable bonds is 16. The number of nitrogens with zero attached hydrogens (tertiary/aromatic N) is 5. The number of carbonyl (C=O) groups is 2. The van der Waals surface area contributed by atoms with Crippen molar-refractivity contribution in [2.45, 2.75) is 85.5 Å². The topological polar surface area (TPSA) is 167 Å². The van der Waals surface area contributed by atoms with Gasteiger partial charge in [0.05, 0.1) is 26.3 Å². The van der Waals surface area contributed by atoms with E-state index in [1.165, 1.54) is 9.47 Å². The first-order chi connectivity index (χ1) is 22.0. The Morgan fingerprint density at radius 2 is 1.57 bits per heavy atom. The molecule has 2 heterocycles. The fraction of sp³-hybridized carbons (Fsp3) is 0.606. The van der Waals surface area contributed by atoms with Crippen molar-refractivity contribution < 1.29 is 28.5 Å². The van der Waals surface area contributed by atoms with Gasteiger partial charge in [0, 0.05) is 26.7 Å². The minimum absolute atomic E-state index is 0.0876. The molecule has 0 spiro atoms. The maximum Gasteiger partial charge on any atom is 0.410 e. The van der Waals surface area contributed by atoms with Crippen molar-refractivity contribution in [3.63, 3.8) is 0 Å². The smallest absolute Gasteiger partial charge is 0.410 e. The molecule has 0 fully saturated rings. The van der Waals surface area contributed by atoms with Gasteiger partial charge in [-0.15, -0.1) is 0 Å². The highest BCUT2D eigenvalue weighted by molar-refractivity contribution is 5.82. The van der Waals surface area contributed by atoms with Gasteiger partial charge < -0.3 is 34.6 Å². The number of hydrogen-bond acceptors (Lipinski definition) is 11. The third-order valence-electron chi connectivity index (χ3n) is 6.74. The molecule has 1 amide bonds. The molecule has 2 aromatic heterocycles. The van der Waals surface area contributed by atoms with Crippen LogP contribution in [0.4, 0.5) is 10.6 Å². The highest BCUT2D eigenvalue weighted by atomic mass is 16.6. The Kier molecular flexibility index (Phi) is 13.0. The summed E-state index contributed by atoms with van der Waals surface area (Å²) < 4.78 is 24.0. The van der Waals surface area contributed by atoms with Crippen LogP contribution in [0.1, 0.15) is 73.3 Å². The number of benzene rings is 1. The molecule has 1 aromatic carbocycles. The molecule has 0 unspecified atom stereocenters. The number of aromatic amines is 1. The fourth-order valence-corrected chi connectivity index (χ4v) is 4.45. The molecule has 0 radical (unpaired) electrons. The van der Waals surface area contributed by atoms with Gasteiger partial charge in [-0.25, -0.2) is 9.59 Å². The van der Waals surface area contributed by atoms with E-state index in [2.05, 4.69) is 21.9 Å². The summed E-state index contributed by atoms with van der Waals surface area (Å²) in [5.74, 6) is 0.486. The van der Waals surface area contributed by atoms with Crippen molar-refractivity contribution in [1.82, 2.24) is 29.3 Å². The van der Waals surface area contributed by atoms with Gasteiger partial charge in [0.25, 0.3) is 0 Å². The van der Waals surface area contributed by atoms with E-state index in [1.54, 1.807) is 7.05 Å². The summed E-state index contributed by atoms with van der Waals surface area (Å²) in [5.41, 5.74) is 6.14. The largest absolute Gasteiger partial charge is 0.494 e. The number of nitrogen functional groups attached to an aromatic ring is 1. The molecule has 0 aliphatic heterocycles. The SMILES string of the molecule is CCCCOc1nc(N)c2[nH]c(=O)n(Cc3ccc(OCCCN(CCN(C)C(=O)OC(C)(C)C)CC(=O)OC(C)(C)C)cc3)c2n1. The lowest BCUT2D eigenvalue weighted by Gasteiger charge is -2.28. The van der Waals surface area contributed by atoms with Crippen LogP contribution in [0.5, 0.6) is 11.8 Å². The summed E-state index contributed by atoms with van der Waals surface area (Å²) in [4.78, 5) is 52.4. The second-order valence-electron chi connectivity index (χ2n) is 13.4. The van der Waals surface area contributed by atoms with Crippen molar-refractivity contribution in [2.75, 3.05) is 52.2 Å². The molecule has 0 saturated heterocycles. The van der Waals surface area contributed by atoms with Crippen LogP contribution in [0.2, 0.25) is 0 Å². The highest BCUT2D eigenvalue weighted by Gasteiger charge is 2.22. The summed E-state index contributed by atoms with van der Waals surface area (Å²) in [7, 11) is 1.67. The molecule has 0 saturated carbocycles. The zero-order chi connectivity index (χ0) is 34.8. The summed E-state index contributed by atoms with van der Waals surface area (Å²) in [6.07, 6.45) is 2.03. The molecule has 14 nitrogen and oxygen atoms in total. The number of anilines is 1. The highest BCUT2D eigenvalue weighted by Crippen LogP contribution is 2.20. The number of nitrogens with one attached hydrogen (secondary N) is 1. The number of ether oxygens (including phenoxy) is 4. The molecular weight excluding hydrogens is 606 g/mol. The molecule has 14 heteroatoms. The van der Waals surface area contributed by atoms with E-state index in [0.717, 1.165) is 18.4 Å². The van der Waals surface area contributed by atoms with Crippen LogP contribution in [-0.4, -0.2) is 99.0 Å². The summed E-state index contributed by atoms with van der Waals surface area (Å²) >= 11 is 0. The zero-order valence-corrected chi connectivity index (χ0v) is 29.1. The molecule has 0 bridgehead atoms. The lowest BCUT2D eigenvalue weighted by Crippen LogP contribution is -2.42. The maximum atomic E-state index is 12.7. The molecule has 0 aliphatic carbocycles. The number of aromatic nitrogens is 4. The summed E-state index contributed by atoms with van der Waals surface area (Å²) in [5, 5.41) is 0. The van der Waals surface area contributed by atoms with Gasteiger partial charge in [0.15, 0.2) is 11.5 Å². The number of carbonyl (C=O) groups excluding carboxylic acids is 2. The second kappa shape index (κ2) is 16.5. The minimum atomic E-state index is -0.597. The normalized spacial score (nSPS) is 11.9. The van der Waals surface area contributed by atoms with Crippen molar-refractivity contribution in [3.8, 4) is 11.8 Å². The van der Waals surface area contributed by atoms with Gasteiger partial charge in [-0.3, -0.25) is 14.3 Å². The van der Waals surface area contributed by atoms with E-state index >= 15 is 0 Å². The molecule has 0 atom stereocenters. The Bertz CT molecular complexity index is 1520. The average Bonchev–Trinajstić information content (AvgIpc) is 3.27. The minimum Gasteiger partial charge on any atom is -0.494 e. The standard InChI is InChI=1S/C33H51N7O7/c1-9-10-19-45-29-36-27(34)26-28(37-29)40(30(42)35-26)21-23-12-14-24(15-13-23)44-20-11-16-39(22-25(41)46-32(2,3)4)18-17-38(8)31(43)47-33(5,6)7/h12-15H,9-11,16-22H2,1-8H3,(H,35,42)(H2,34,36,37). The second-order valence-corrected chi connectivity index (χ2v) is 13.4. The van der Waals surface area contributed by atoms with Crippen LogP contribution >= 0.6 is 0 Å². The quantitative estimate of drug-likeness (QED) is 0.167. The van der Waals surface area contributed by atoms with E-state index in [0.29, 0.717) is 56.2 Å². The Labute approximate surface area is 276 Å². The summed E-state index contributed by atoms with van der Waals surface area (Å²) in [6, 6.07) is 7.58. The predicted octanol–water partition coefficient (Wildman–Crippen LogP) is 4.21. The third-order valence-corrected chi connectivity index (χ3v) is 6.74. The van der Waals surface area contributed by atoms with Crippen LogP contribution < -0.4 is 20.9 Å². The van der Waals surface area contributed by atoms with E-state index in [-0.39, 0.29) is 36.6 Å². The first kappa shape index (κ1) is 37.1. The van der Waals surface area contributed by atoms with Gasteiger partial charge in [0.1, 0.15) is 22.5 Å². The van der Waals surface area contributed by atoms with Crippen LogP contribution in [0, 0.1) is 0 Å². The monoisotopic (exact) mass is 657 g/mol. The Hall–Kier alpha value is -4.33. The number of likely N-dealkylation sites (N-methyl/N-ethyl adjacent to an activating group) is 1. The van der Waals surface area contributed by atoms with Gasteiger partial charge in [-0.1, -0.05) is 25.5 Å². The zero-order valence-electron chi connectivity index (χ0n) is 29.1. The van der Waals surface area contributed by atoms with E-state index < -0.39 is 17.3 Å². The molecule has 47 heavy (non-hydrogen) atoms. The number of nitrogens with two attached hydrogens (primary N) is 1. The lowest BCUT2D eigenvalue weighted by atomic mass is 10.2. The Balaban J connectivity index is 1.57. The predicted molar refractivity (Wildman–Crippen MR) is 180 cm³/mol. The average molecular weight is 658 g/mol. The number of esters is 1. The van der Waals surface area contributed by atoms with Crippen molar-refractivity contribution in [2.24, 2.45) is 0 Å². The van der Waals surface area contributed by atoms with Crippen LogP contribution in [-0.2, 0) is 20.8 Å². The first-order valence-electron chi connectivity index (χ1n) is 16.0. The maximum absolute atomic E-state index is 12.7. The van der Waals surface area contributed by atoms with Crippen molar-refractivity contribution in [3.05, 3.63) is 40.3 Å². The molecule has 260 valence electrons. The van der Waals surface area contributed by atoms with Crippen LogP contribution in [0.15, 0.2) is 29.1 Å². The van der Waals surface area contributed by atoms with Crippen LogP contribution in [0.25, 0.3) is 11.2 Å². The van der Waals surface area contributed by atoms with Crippen molar-refractivity contribution >= 4 is 29.0 Å². The molecule has 3 N–H and O–H groups in total. The molecular formula is C33H51N7O7. The Morgan fingerprint density at radius 3 is 2.21 bits per heavy atom. The Morgan fingerprint density at radius 1 is 0.915 bits per heavy atom. The van der Waals surface area contributed by atoms with Crippen molar-refractivity contribution in [1.29, 1.82) is 0 Å². The number of imidazole rings is 1. The number of fused-ring (bicyclic) bond motifs is 1. The van der Waals surface area contributed by atoms with Gasteiger partial charge in [0.2, 0.25) is 0 Å². The number of unbranched alkanes of at least 4 members (excludes halogenated alkanes) is 1. The molecule has 3 aromatic rings. The van der Waals surface area contributed by atoms with Gasteiger partial charge >= 0.3 is 23.8 Å².